The second-order valence-corrected chi connectivity index (χ2v) is 7.85. The number of thioether (sulfide) groups is 1. The molecule has 1 amide bonds. The Labute approximate surface area is 150 Å². The normalized spacial score (nSPS) is 15.6. The van der Waals surface area contributed by atoms with Gasteiger partial charge in [-0.15, -0.1) is 0 Å². The third-order valence-corrected chi connectivity index (χ3v) is 5.76. The van der Waals surface area contributed by atoms with E-state index in [1.807, 2.05) is 24.3 Å². The maximum atomic E-state index is 12.2. The van der Waals surface area contributed by atoms with Crippen LogP contribution in [0.5, 0.6) is 0 Å². The van der Waals surface area contributed by atoms with Crippen molar-refractivity contribution in [3.63, 3.8) is 0 Å². The van der Waals surface area contributed by atoms with Crippen LogP contribution in [0.1, 0.15) is 37.8 Å². The first kappa shape index (κ1) is 17.8. The van der Waals surface area contributed by atoms with Gasteiger partial charge in [-0.1, -0.05) is 59.0 Å². The number of halogens is 1. The van der Waals surface area contributed by atoms with Crippen molar-refractivity contribution in [3.05, 3.63) is 34.3 Å². The van der Waals surface area contributed by atoms with E-state index < -0.39 is 0 Å². The molecule has 6 heteroatoms. The van der Waals surface area contributed by atoms with E-state index in [4.69, 9.17) is 12.2 Å². The summed E-state index contributed by atoms with van der Waals surface area (Å²) in [4.78, 5) is 14.3. The molecular formula is C16H21BrN2OS2. The van der Waals surface area contributed by atoms with Gasteiger partial charge in [-0.25, -0.2) is 0 Å². The molecule has 0 aromatic heterocycles. The summed E-state index contributed by atoms with van der Waals surface area (Å²) < 4.78 is 1.90. The molecule has 0 bridgehead atoms. The first-order valence-electron chi connectivity index (χ1n) is 7.56. The average molecular weight is 401 g/mol. The van der Waals surface area contributed by atoms with Crippen LogP contribution in [0, 0.1) is 0 Å². The van der Waals surface area contributed by atoms with Gasteiger partial charge in [0.25, 0.3) is 0 Å². The molecule has 1 fully saturated rings. The van der Waals surface area contributed by atoms with Crippen LogP contribution < -0.4 is 5.32 Å². The molecular weight excluding hydrogens is 380 g/mol. The van der Waals surface area contributed by atoms with Gasteiger partial charge in [0, 0.05) is 17.6 Å². The van der Waals surface area contributed by atoms with E-state index in [1.54, 1.807) is 0 Å². The number of hydrogen-bond acceptors (Lipinski definition) is 3. The summed E-state index contributed by atoms with van der Waals surface area (Å²) in [6.45, 7) is 4.14. The fraction of sp³-hybridized carbons (Fsp3) is 0.500. The molecule has 0 unspecified atom stereocenters. The van der Waals surface area contributed by atoms with Gasteiger partial charge in [-0.2, -0.15) is 0 Å². The molecule has 1 atom stereocenters. The number of nitrogens with zero attached hydrogens (tertiary/aromatic N) is 1. The van der Waals surface area contributed by atoms with Crippen molar-refractivity contribution in [1.82, 2.24) is 10.2 Å². The number of amides is 1. The van der Waals surface area contributed by atoms with Crippen molar-refractivity contribution >= 4 is 50.1 Å². The summed E-state index contributed by atoms with van der Waals surface area (Å²) in [5, 5.41) is 3.10. The summed E-state index contributed by atoms with van der Waals surface area (Å²) >= 11 is 10.3. The highest BCUT2D eigenvalue weighted by Crippen LogP contribution is 2.20. The number of benzene rings is 1. The van der Waals surface area contributed by atoms with Crippen LogP contribution in [0.3, 0.4) is 0 Å². The number of hydrogen-bond donors (Lipinski definition) is 1. The maximum absolute atomic E-state index is 12.2. The molecule has 1 aromatic carbocycles. The molecule has 1 heterocycles. The highest BCUT2D eigenvalue weighted by atomic mass is 79.9. The van der Waals surface area contributed by atoms with Crippen LogP contribution in [-0.4, -0.2) is 34.0 Å². The Morgan fingerprint density at radius 2 is 2.00 bits per heavy atom. The Morgan fingerprint density at radius 3 is 2.59 bits per heavy atom. The second kappa shape index (κ2) is 8.89. The Bertz CT molecular complexity index is 515. The van der Waals surface area contributed by atoms with Gasteiger partial charge in [0.2, 0.25) is 5.91 Å². The van der Waals surface area contributed by atoms with Crippen LogP contribution in [0.15, 0.2) is 28.7 Å². The molecule has 1 aromatic rings. The number of carbonyl (C=O) groups excluding carboxylic acids is 1. The third kappa shape index (κ3) is 5.25. The van der Waals surface area contributed by atoms with Crippen molar-refractivity contribution in [2.75, 3.05) is 18.8 Å². The van der Waals surface area contributed by atoms with E-state index in [2.05, 4.69) is 33.1 Å². The Balaban J connectivity index is 1.81. The van der Waals surface area contributed by atoms with Gasteiger partial charge in [-0.3, -0.25) is 4.79 Å². The fourth-order valence-corrected chi connectivity index (χ4v) is 3.80. The largest absolute Gasteiger partial charge is 0.358 e. The lowest BCUT2D eigenvalue weighted by molar-refractivity contribution is -0.119. The first-order chi connectivity index (χ1) is 10.6. The van der Waals surface area contributed by atoms with Gasteiger partial charge in [0.15, 0.2) is 0 Å². The predicted octanol–water partition coefficient (Wildman–Crippen LogP) is 4.13. The van der Waals surface area contributed by atoms with E-state index >= 15 is 0 Å². The molecule has 1 aliphatic heterocycles. The van der Waals surface area contributed by atoms with Crippen LogP contribution in [0.2, 0.25) is 0 Å². The van der Waals surface area contributed by atoms with Gasteiger partial charge >= 0.3 is 0 Å². The van der Waals surface area contributed by atoms with Crippen LogP contribution in [-0.2, 0) is 4.79 Å². The topological polar surface area (TPSA) is 32.3 Å². The molecule has 2 rings (SSSR count). The summed E-state index contributed by atoms with van der Waals surface area (Å²) in [6, 6.07) is 8.14. The molecule has 120 valence electrons. The predicted molar refractivity (Wildman–Crippen MR) is 101 cm³/mol. The molecule has 22 heavy (non-hydrogen) atoms. The molecule has 0 saturated carbocycles. The van der Waals surface area contributed by atoms with E-state index in [9.17, 15) is 4.79 Å². The van der Waals surface area contributed by atoms with Crippen LogP contribution in [0.4, 0.5) is 0 Å². The minimum Gasteiger partial charge on any atom is -0.358 e. The summed E-state index contributed by atoms with van der Waals surface area (Å²) in [5.74, 6) is 0.434. The summed E-state index contributed by atoms with van der Waals surface area (Å²) in [7, 11) is 0. The average Bonchev–Trinajstić information content (AvgIpc) is 3.05. The molecule has 1 aliphatic rings. The molecule has 3 nitrogen and oxygen atoms in total. The van der Waals surface area contributed by atoms with Crippen LogP contribution >= 0.6 is 39.9 Å². The van der Waals surface area contributed by atoms with Gasteiger partial charge < -0.3 is 10.2 Å². The zero-order chi connectivity index (χ0) is 15.9. The zero-order valence-corrected chi connectivity index (χ0v) is 15.9. The van der Waals surface area contributed by atoms with Gasteiger partial charge in [-0.05, 0) is 37.0 Å². The molecule has 0 spiro atoms. The second-order valence-electron chi connectivity index (χ2n) is 5.33. The van der Waals surface area contributed by atoms with E-state index in [-0.39, 0.29) is 11.9 Å². The minimum absolute atomic E-state index is 0.0429. The van der Waals surface area contributed by atoms with E-state index in [0.717, 1.165) is 33.9 Å². The summed E-state index contributed by atoms with van der Waals surface area (Å²) in [5.41, 5.74) is 1.13. The zero-order valence-electron chi connectivity index (χ0n) is 12.7. The highest BCUT2D eigenvalue weighted by molar-refractivity contribution is 9.10. The van der Waals surface area contributed by atoms with Crippen molar-refractivity contribution in [2.24, 2.45) is 0 Å². The monoisotopic (exact) mass is 400 g/mol. The number of nitrogens with one attached hydrogen (secondary N) is 1. The molecule has 1 saturated heterocycles. The molecule has 0 aliphatic carbocycles. The van der Waals surface area contributed by atoms with E-state index in [1.165, 1.54) is 24.6 Å². The van der Waals surface area contributed by atoms with Gasteiger partial charge in [0.05, 0.1) is 11.8 Å². The minimum atomic E-state index is 0.0429. The molecule has 1 N–H and O–H groups in total. The number of likely N-dealkylation sites (tertiary alicyclic amines) is 1. The molecule has 0 radical (unpaired) electrons. The highest BCUT2D eigenvalue weighted by Gasteiger charge is 2.17. The number of thiocarbonyl (C=S) groups is 1. The Morgan fingerprint density at radius 1 is 1.36 bits per heavy atom. The van der Waals surface area contributed by atoms with E-state index in [0.29, 0.717) is 5.75 Å². The maximum Gasteiger partial charge on any atom is 0.230 e. The van der Waals surface area contributed by atoms with Crippen molar-refractivity contribution in [3.8, 4) is 0 Å². The van der Waals surface area contributed by atoms with Crippen molar-refractivity contribution in [1.29, 1.82) is 0 Å². The number of rotatable bonds is 5. The number of carbonyl (C=O) groups is 1. The van der Waals surface area contributed by atoms with Crippen LogP contribution in [0.25, 0.3) is 0 Å². The summed E-state index contributed by atoms with van der Waals surface area (Å²) in [6.07, 6.45) is 3.28. The Hall–Kier alpha value is -0.590. The lowest BCUT2D eigenvalue weighted by Crippen LogP contribution is -2.31. The lowest BCUT2D eigenvalue weighted by atomic mass is 10.0. The van der Waals surface area contributed by atoms with Crippen molar-refractivity contribution < 1.29 is 4.79 Å². The first-order valence-corrected chi connectivity index (χ1v) is 9.75. The SMILES string of the molecule is CC[C@H](NC(=O)CSC(=S)N1CCCC1)c1ccc(Br)cc1. The van der Waals surface area contributed by atoms with Crippen molar-refractivity contribution in [2.45, 2.75) is 32.2 Å². The van der Waals surface area contributed by atoms with Gasteiger partial charge in [0.1, 0.15) is 4.32 Å². The third-order valence-electron chi connectivity index (χ3n) is 3.71. The smallest absolute Gasteiger partial charge is 0.230 e. The Kier molecular flexibility index (Phi) is 7.18. The quantitative estimate of drug-likeness (QED) is 0.752. The standard InChI is InChI=1S/C16H21BrN2OS2/c1-2-14(12-5-7-13(17)8-6-12)18-15(20)11-22-16(21)19-9-3-4-10-19/h5-8,14H,2-4,9-11H2,1H3,(H,18,20)/t14-/m0/s1. The lowest BCUT2D eigenvalue weighted by Gasteiger charge is -2.19. The fourth-order valence-electron chi connectivity index (χ4n) is 2.47.